The molecule has 0 amide bonds. The average Bonchev–Trinajstić information content (AvgIpc) is 2.71. The number of hydrogen-bond acceptors (Lipinski definition) is 2. The van der Waals surface area contributed by atoms with E-state index in [0.29, 0.717) is 0 Å². The minimum atomic E-state index is 1.13. The highest BCUT2D eigenvalue weighted by atomic mass is 32.2. The normalized spacial score (nSPS) is 16.5. The molecule has 0 bridgehead atoms. The fourth-order valence-electron chi connectivity index (χ4n) is 1.55. The summed E-state index contributed by atoms with van der Waals surface area (Å²) >= 11 is 1.94. The quantitative estimate of drug-likeness (QED) is 0.664. The molecule has 70 valence electrons. The zero-order valence-electron chi connectivity index (χ0n) is 7.99. The molecule has 0 spiro atoms. The Hall–Kier alpha value is -0.630. The second-order valence-electron chi connectivity index (χ2n) is 3.31. The number of hydrogen-bond donors (Lipinski definition) is 0. The van der Waals surface area contributed by atoms with Crippen LogP contribution in [0.2, 0.25) is 0 Å². The summed E-state index contributed by atoms with van der Waals surface area (Å²) in [5.74, 6) is 1.27. The maximum absolute atomic E-state index is 2.39. The van der Waals surface area contributed by atoms with E-state index in [9.17, 15) is 0 Å². The van der Waals surface area contributed by atoms with Crippen LogP contribution in [0.5, 0.6) is 0 Å². The molecular weight excluding hydrogens is 178 g/mol. The molecule has 1 aliphatic rings. The Morgan fingerprint density at radius 3 is 2.62 bits per heavy atom. The van der Waals surface area contributed by atoms with Gasteiger partial charge in [0.15, 0.2) is 0 Å². The van der Waals surface area contributed by atoms with Gasteiger partial charge < -0.3 is 4.31 Å². The van der Waals surface area contributed by atoms with E-state index in [0.717, 1.165) is 6.42 Å². The van der Waals surface area contributed by atoms with Gasteiger partial charge in [0.25, 0.3) is 0 Å². The zero-order chi connectivity index (χ0) is 9.10. The summed E-state index contributed by atoms with van der Waals surface area (Å²) in [6.07, 6.45) is 2.45. The lowest BCUT2D eigenvalue weighted by atomic mass is 10.1. The number of rotatable bonds is 2. The molecular formula is C11H15NS. The molecule has 1 fully saturated rings. The van der Waals surface area contributed by atoms with Crippen molar-refractivity contribution in [2.24, 2.45) is 0 Å². The van der Waals surface area contributed by atoms with Crippen LogP contribution in [-0.4, -0.2) is 12.3 Å². The lowest BCUT2D eigenvalue weighted by Crippen LogP contribution is -2.08. The van der Waals surface area contributed by atoms with Crippen LogP contribution in [-0.2, 0) is 6.42 Å². The first-order valence-electron chi connectivity index (χ1n) is 4.89. The minimum Gasteiger partial charge on any atom is -0.316 e. The third-order valence-corrected chi connectivity index (χ3v) is 3.56. The van der Waals surface area contributed by atoms with Crippen LogP contribution in [0.15, 0.2) is 24.3 Å². The summed E-state index contributed by atoms with van der Waals surface area (Å²) in [6, 6.07) is 8.93. The monoisotopic (exact) mass is 193 g/mol. The van der Waals surface area contributed by atoms with E-state index in [4.69, 9.17) is 0 Å². The predicted molar refractivity (Wildman–Crippen MR) is 60.2 cm³/mol. The van der Waals surface area contributed by atoms with Gasteiger partial charge in [-0.2, -0.15) is 0 Å². The number of benzene rings is 1. The fraction of sp³-hybridized carbons (Fsp3) is 0.455. The van der Waals surface area contributed by atoms with Gasteiger partial charge in [-0.25, -0.2) is 0 Å². The first-order chi connectivity index (χ1) is 6.40. The Bertz CT molecular complexity index is 262. The van der Waals surface area contributed by atoms with E-state index in [1.807, 2.05) is 11.9 Å². The Morgan fingerprint density at radius 2 is 2.08 bits per heavy atom. The third-order valence-electron chi connectivity index (χ3n) is 2.39. The van der Waals surface area contributed by atoms with Crippen molar-refractivity contribution in [2.45, 2.75) is 19.8 Å². The second kappa shape index (κ2) is 4.05. The minimum absolute atomic E-state index is 1.13. The average molecular weight is 193 g/mol. The Labute approximate surface area is 84.3 Å². The molecule has 0 N–H and O–H groups in total. The van der Waals surface area contributed by atoms with Crippen LogP contribution in [0.4, 0.5) is 5.69 Å². The topological polar surface area (TPSA) is 3.24 Å². The summed E-state index contributed by atoms with van der Waals surface area (Å²) in [5.41, 5.74) is 2.78. The van der Waals surface area contributed by atoms with Crippen LogP contribution in [0.1, 0.15) is 18.9 Å². The molecule has 1 saturated heterocycles. The summed E-state index contributed by atoms with van der Waals surface area (Å²) < 4.78 is 2.39. The molecule has 1 aromatic rings. The van der Waals surface area contributed by atoms with E-state index in [1.54, 1.807) is 0 Å². The van der Waals surface area contributed by atoms with Crippen molar-refractivity contribution in [3.8, 4) is 0 Å². The highest BCUT2D eigenvalue weighted by Gasteiger charge is 2.12. The summed E-state index contributed by atoms with van der Waals surface area (Å²) in [5, 5.41) is 0. The Kier molecular flexibility index (Phi) is 2.79. The largest absolute Gasteiger partial charge is 0.316 e. The van der Waals surface area contributed by atoms with E-state index < -0.39 is 0 Å². The van der Waals surface area contributed by atoms with Gasteiger partial charge in [-0.05, 0) is 42.5 Å². The SMILES string of the molecule is CCc1ccc(N2CCCS2)cc1. The van der Waals surface area contributed by atoms with Crippen molar-refractivity contribution in [1.82, 2.24) is 0 Å². The van der Waals surface area contributed by atoms with E-state index in [-0.39, 0.29) is 0 Å². The molecule has 0 aliphatic carbocycles. The summed E-state index contributed by atoms with van der Waals surface area (Å²) in [6.45, 7) is 3.40. The summed E-state index contributed by atoms with van der Waals surface area (Å²) in [7, 11) is 0. The van der Waals surface area contributed by atoms with Gasteiger partial charge in [-0.3, -0.25) is 0 Å². The fourth-order valence-corrected chi connectivity index (χ4v) is 2.56. The van der Waals surface area contributed by atoms with Gasteiger partial charge in [0, 0.05) is 18.0 Å². The molecule has 1 aliphatic heterocycles. The van der Waals surface area contributed by atoms with Crippen LogP contribution in [0, 0.1) is 0 Å². The van der Waals surface area contributed by atoms with E-state index in [2.05, 4.69) is 35.5 Å². The van der Waals surface area contributed by atoms with Crippen LogP contribution in [0.25, 0.3) is 0 Å². The molecule has 1 aromatic carbocycles. The van der Waals surface area contributed by atoms with Gasteiger partial charge in [-0.15, -0.1) is 0 Å². The van der Waals surface area contributed by atoms with Crippen LogP contribution in [0.3, 0.4) is 0 Å². The predicted octanol–water partition coefficient (Wildman–Crippen LogP) is 3.11. The van der Waals surface area contributed by atoms with Crippen LogP contribution < -0.4 is 4.31 Å². The van der Waals surface area contributed by atoms with Crippen molar-refractivity contribution < 1.29 is 0 Å². The van der Waals surface area contributed by atoms with Gasteiger partial charge in [-0.1, -0.05) is 19.1 Å². The Balaban J connectivity index is 2.12. The molecule has 0 aromatic heterocycles. The molecule has 1 nitrogen and oxygen atoms in total. The zero-order valence-corrected chi connectivity index (χ0v) is 8.81. The molecule has 13 heavy (non-hydrogen) atoms. The first kappa shape index (κ1) is 8.95. The maximum atomic E-state index is 2.39. The first-order valence-corrected chi connectivity index (χ1v) is 5.84. The van der Waals surface area contributed by atoms with Crippen molar-refractivity contribution >= 4 is 17.6 Å². The van der Waals surface area contributed by atoms with Crippen molar-refractivity contribution in [3.05, 3.63) is 29.8 Å². The van der Waals surface area contributed by atoms with Gasteiger partial charge in [0.1, 0.15) is 0 Å². The number of aryl methyl sites for hydroxylation is 1. The molecule has 0 unspecified atom stereocenters. The van der Waals surface area contributed by atoms with Crippen LogP contribution >= 0.6 is 11.9 Å². The second-order valence-corrected chi connectivity index (χ2v) is 4.42. The van der Waals surface area contributed by atoms with Crippen molar-refractivity contribution in [2.75, 3.05) is 16.6 Å². The Morgan fingerprint density at radius 1 is 1.31 bits per heavy atom. The number of nitrogens with zero attached hydrogens (tertiary/aromatic N) is 1. The highest BCUT2D eigenvalue weighted by molar-refractivity contribution is 8.00. The molecule has 1 heterocycles. The lowest BCUT2D eigenvalue weighted by Gasteiger charge is -2.15. The molecule has 2 heteroatoms. The lowest BCUT2D eigenvalue weighted by molar-refractivity contribution is 0.988. The molecule has 0 radical (unpaired) electrons. The van der Waals surface area contributed by atoms with E-state index >= 15 is 0 Å². The van der Waals surface area contributed by atoms with Crippen molar-refractivity contribution in [1.29, 1.82) is 0 Å². The van der Waals surface area contributed by atoms with Crippen molar-refractivity contribution in [3.63, 3.8) is 0 Å². The smallest absolute Gasteiger partial charge is 0.0470 e. The van der Waals surface area contributed by atoms with Gasteiger partial charge in [0.2, 0.25) is 0 Å². The number of anilines is 1. The molecule has 2 rings (SSSR count). The third kappa shape index (κ3) is 1.99. The maximum Gasteiger partial charge on any atom is 0.0470 e. The van der Waals surface area contributed by atoms with E-state index in [1.165, 1.54) is 30.0 Å². The standard InChI is InChI=1S/C11H15NS/c1-2-10-4-6-11(7-5-10)12-8-3-9-13-12/h4-7H,2-3,8-9H2,1H3. The highest BCUT2D eigenvalue weighted by Crippen LogP contribution is 2.28. The molecule has 0 atom stereocenters. The van der Waals surface area contributed by atoms with Gasteiger partial charge in [0.05, 0.1) is 0 Å². The van der Waals surface area contributed by atoms with Gasteiger partial charge >= 0.3 is 0 Å². The summed E-state index contributed by atoms with van der Waals surface area (Å²) in [4.78, 5) is 0. The molecule has 0 saturated carbocycles.